The van der Waals surface area contributed by atoms with E-state index >= 15 is 0 Å². The van der Waals surface area contributed by atoms with Crippen LogP contribution in [0, 0.1) is 0 Å². The lowest BCUT2D eigenvalue weighted by atomic mass is 10.3. The molecule has 0 aliphatic heterocycles. The zero-order chi connectivity index (χ0) is 9.80. The van der Waals surface area contributed by atoms with Gasteiger partial charge in [0.05, 0.1) is 4.88 Å². The van der Waals surface area contributed by atoms with Gasteiger partial charge in [0.15, 0.2) is 5.82 Å². The molecule has 0 aliphatic carbocycles. The van der Waals surface area contributed by atoms with Gasteiger partial charge in [-0.25, -0.2) is 9.97 Å². The molecule has 2 aromatic rings. The summed E-state index contributed by atoms with van der Waals surface area (Å²) in [5, 5.41) is 2.03. The molecule has 0 unspecified atom stereocenters. The second-order valence-electron chi connectivity index (χ2n) is 2.84. The van der Waals surface area contributed by atoms with Gasteiger partial charge in [0, 0.05) is 18.3 Å². The first-order chi connectivity index (χ1) is 6.90. The Morgan fingerprint density at radius 2 is 2.36 bits per heavy atom. The number of allylic oxidation sites excluding steroid dienone is 1. The van der Waals surface area contributed by atoms with Crippen molar-refractivity contribution in [2.24, 2.45) is 0 Å². The number of rotatable bonds is 3. The van der Waals surface area contributed by atoms with Crippen molar-refractivity contribution in [1.29, 1.82) is 0 Å². The Morgan fingerprint density at radius 3 is 3.07 bits per heavy atom. The summed E-state index contributed by atoms with van der Waals surface area (Å²) in [5.41, 5.74) is 1.01. The van der Waals surface area contributed by atoms with Crippen LogP contribution in [0.15, 0.2) is 42.4 Å². The van der Waals surface area contributed by atoms with Gasteiger partial charge in [-0.2, -0.15) is 0 Å². The van der Waals surface area contributed by atoms with Crippen LogP contribution < -0.4 is 0 Å². The second-order valence-corrected chi connectivity index (χ2v) is 3.79. The molecule has 70 valence electrons. The van der Waals surface area contributed by atoms with Crippen LogP contribution in [0.25, 0.3) is 10.7 Å². The van der Waals surface area contributed by atoms with Gasteiger partial charge in [0.2, 0.25) is 0 Å². The molecule has 2 aromatic heterocycles. The summed E-state index contributed by atoms with van der Waals surface area (Å²) in [4.78, 5) is 9.77. The minimum Gasteiger partial charge on any atom is -0.236 e. The van der Waals surface area contributed by atoms with Gasteiger partial charge in [-0.15, -0.1) is 17.9 Å². The van der Waals surface area contributed by atoms with Crippen molar-refractivity contribution in [2.75, 3.05) is 0 Å². The zero-order valence-corrected chi connectivity index (χ0v) is 8.50. The van der Waals surface area contributed by atoms with E-state index in [-0.39, 0.29) is 0 Å². The van der Waals surface area contributed by atoms with Crippen molar-refractivity contribution in [1.82, 2.24) is 9.97 Å². The normalized spacial score (nSPS) is 10.0. The summed E-state index contributed by atoms with van der Waals surface area (Å²) < 4.78 is 0. The van der Waals surface area contributed by atoms with Gasteiger partial charge in [0.1, 0.15) is 0 Å². The average molecular weight is 202 g/mol. The van der Waals surface area contributed by atoms with Crippen LogP contribution in [0.4, 0.5) is 0 Å². The minimum atomic E-state index is 0.793. The van der Waals surface area contributed by atoms with Gasteiger partial charge in [0.25, 0.3) is 0 Å². The number of thiophene rings is 1. The molecule has 0 bridgehead atoms. The molecule has 2 nitrogen and oxygen atoms in total. The van der Waals surface area contributed by atoms with E-state index < -0.39 is 0 Å². The number of nitrogens with zero attached hydrogens (tertiary/aromatic N) is 2. The quantitative estimate of drug-likeness (QED) is 0.715. The summed E-state index contributed by atoms with van der Waals surface area (Å²) >= 11 is 1.65. The van der Waals surface area contributed by atoms with E-state index in [1.807, 2.05) is 29.7 Å². The predicted molar refractivity (Wildman–Crippen MR) is 59.2 cm³/mol. The summed E-state index contributed by atoms with van der Waals surface area (Å²) in [6.07, 6.45) is 4.43. The van der Waals surface area contributed by atoms with Gasteiger partial charge < -0.3 is 0 Å². The maximum Gasteiger partial charge on any atom is 0.169 e. The topological polar surface area (TPSA) is 25.8 Å². The van der Waals surface area contributed by atoms with E-state index in [0.29, 0.717) is 0 Å². The van der Waals surface area contributed by atoms with Gasteiger partial charge in [-0.3, -0.25) is 0 Å². The molecular formula is C11H10N2S. The fourth-order valence-corrected chi connectivity index (χ4v) is 1.85. The van der Waals surface area contributed by atoms with Crippen molar-refractivity contribution in [3.05, 3.63) is 48.1 Å². The minimum absolute atomic E-state index is 0.793. The van der Waals surface area contributed by atoms with Crippen molar-refractivity contribution in [3.8, 4) is 10.7 Å². The lowest BCUT2D eigenvalue weighted by Crippen LogP contribution is -1.91. The fourth-order valence-electron chi connectivity index (χ4n) is 1.18. The molecule has 2 heterocycles. The summed E-state index contributed by atoms with van der Waals surface area (Å²) in [6.45, 7) is 3.69. The molecule has 0 fully saturated rings. The maximum absolute atomic E-state index is 4.43. The van der Waals surface area contributed by atoms with Crippen LogP contribution in [0.1, 0.15) is 5.69 Å². The van der Waals surface area contributed by atoms with Crippen LogP contribution in [0.5, 0.6) is 0 Å². The fraction of sp³-hybridized carbons (Fsp3) is 0.0909. The summed E-state index contributed by atoms with van der Waals surface area (Å²) in [5.74, 6) is 0.805. The smallest absolute Gasteiger partial charge is 0.169 e. The molecular weight excluding hydrogens is 192 g/mol. The molecule has 0 aromatic carbocycles. The first kappa shape index (κ1) is 9.09. The highest BCUT2D eigenvalue weighted by Crippen LogP contribution is 2.20. The Bertz CT molecular complexity index is 421. The highest BCUT2D eigenvalue weighted by atomic mass is 32.1. The third-order valence-corrected chi connectivity index (χ3v) is 2.67. The molecule has 0 spiro atoms. The zero-order valence-electron chi connectivity index (χ0n) is 7.68. The van der Waals surface area contributed by atoms with E-state index in [4.69, 9.17) is 0 Å². The summed E-state index contributed by atoms with van der Waals surface area (Å²) in [7, 11) is 0. The number of hydrogen-bond donors (Lipinski definition) is 0. The van der Waals surface area contributed by atoms with Crippen LogP contribution >= 0.6 is 11.3 Å². The SMILES string of the molecule is C=CCc1ccnc(-c2cccs2)n1. The van der Waals surface area contributed by atoms with Gasteiger partial charge in [-0.05, 0) is 17.5 Å². The molecule has 0 radical (unpaired) electrons. The van der Waals surface area contributed by atoms with Crippen molar-refractivity contribution in [2.45, 2.75) is 6.42 Å². The Hall–Kier alpha value is -1.48. The third-order valence-electron chi connectivity index (χ3n) is 1.81. The van der Waals surface area contributed by atoms with E-state index in [2.05, 4.69) is 16.5 Å². The Morgan fingerprint density at radius 1 is 1.43 bits per heavy atom. The van der Waals surface area contributed by atoms with Crippen molar-refractivity contribution in [3.63, 3.8) is 0 Å². The third kappa shape index (κ3) is 1.88. The lowest BCUT2D eigenvalue weighted by Gasteiger charge is -1.98. The molecule has 0 aliphatic rings. The monoisotopic (exact) mass is 202 g/mol. The predicted octanol–water partition coefficient (Wildman–Crippen LogP) is 2.93. The van der Waals surface area contributed by atoms with Gasteiger partial charge in [-0.1, -0.05) is 12.1 Å². The molecule has 2 rings (SSSR count). The summed E-state index contributed by atoms with van der Waals surface area (Å²) in [6, 6.07) is 5.94. The van der Waals surface area contributed by atoms with E-state index in [1.165, 1.54) is 0 Å². The van der Waals surface area contributed by atoms with Crippen LogP contribution in [-0.4, -0.2) is 9.97 Å². The lowest BCUT2D eigenvalue weighted by molar-refractivity contribution is 1.06. The molecule has 0 atom stereocenters. The highest BCUT2D eigenvalue weighted by Gasteiger charge is 2.01. The van der Waals surface area contributed by atoms with Crippen molar-refractivity contribution < 1.29 is 0 Å². The highest BCUT2D eigenvalue weighted by molar-refractivity contribution is 7.13. The molecule has 0 saturated carbocycles. The largest absolute Gasteiger partial charge is 0.236 e. The second kappa shape index (κ2) is 4.15. The van der Waals surface area contributed by atoms with E-state index in [9.17, 15) is 0 Å². The first-order valence-electron chi connectivity index (χ1n) is 4.37. The van der Waals surface area contributed by atoms with Crippen LogP contribution in [0.2, 0.25) is 0 Å². The standard InChI is InChI=1S/C11H10N2S/c1-2-4-9-6-7-12-11(13-9)10-5-3-8-14-10/h2-3,5-8H,1,4H2. The Labute approximate surface area is 87.0 Å². The van der Waals surface area contributed by atoms with E-state index in [1.54, 1.807) is 17.5 Å². The van der Waals surface area contributed by atoms with Crippen LogP contribution in [0.3, 0.4) is 0 Å². The number of hydrogen-bond acceptors (Lipinski definition) is 3. The molecule has 0 saturated heterocycles. The van der Waals surface area contributed by atoms with Crippen LogP contribution in [-0.2, 0) is 6.42 Å². The Kier molecular flexibility index (Phi) is 2.70. The van der Waals surface area contributed by atoms with Crippen molar-refractivity contribution >= 4 is 11.3 Å². The maximum atomic E-state index is 4.43. The molecule has 14 heavy (non-hydrogen) atoms. The first-order valence-corrected chi connectivity index (χ1v) is 5.25. The Balaban J connectivity index is 2.35. The molecule has 0 N–H and O–H groups in total. The van der Waals surface area contributed by atoms with E-state index in [0.717, 1.165) is 22.8 Å². The number of aromatic nitrogens is 2. The molecule has 3 heteroatoms. The molecule has 0 amide bonds. The average Bonchev–Trinajstić information content (AvgIpc) is 2.71. The van der Waals surface area contributed by atoms with Gasteiger partial charge >= 0.3 is 0 Å².